The highest BCUT2D eigenvalue weighted by Crippen LogP contribution is 2.37. The van der Waals surface area contributed by atoms with Gasteiger partial charge in [0.25, 0.3) is 5.91 Å². The van der Waals surface area contributed by atoms with Crippen molar-refractivity contribution in [2.45, 2.75) is 18.9 Å². The van der Waals surface area contributed by atoms with Gasteiger partial charge < -0.3 is 14.5 Å². The Morgan fingerprint density at radius 2 is 1.68 bits per heavy atom. The first kappa shape index (κ1) is 22.5. The maximum Gasteiger partial charge on any atom is 0.255 e. The molecule has 0 aromatic heterocycles. The van der Waals surface area contributed by atoms with E-state index in [1.165, 1.54) is 11.1 Å². The van der Waals surface area contributed by atoms with Gasteiger partial charge in [-0.1, -0.05) is 60.1 Å². The lowest BCUT2D eigenvalue weighted by atomic mass is 9.87. The fraction of sp³-hybridized carbons (Fsp3) is 0.286. The van der Waals surface area contributed by atoms with Crippen LogP contribution in [0.4, 0.5) is 0 Å². The summed E-state index contributed by atoms with van der Waals surface area (Å²) in [4.78, 5) is 30.9. The molecule has 174 valence electrons. The summed E-state index contributed by atoms with van der Waals surface area (Å²) in [6, 6.07) is 23.2. The van der Waals surface area contributed by atoms with Crippen LogP contribution < -0.4 is 4.74 Å². The summed E-state index contributed by atoms with van der Waals surface area (Å²) in [5, 5.41) is 0.424. The third-order valence-corrected chi connectivity index (χ3v) is 7.32. The number of ether oxygens (including phenoxy) is 1. The minimum Gasteiger partial charge on any atom is -0.497 e. The number of likely N-dealkylation sites (tertiary alicyclic amines) is 1. The Morgan fingerprint density at radius 1 is 0.912 bits per heavy atom. The Hall–Kier alpha value is -3.31. The van der Waals surface area contributed by atoms with Crippen LogP contribution in [0.2, 0.25) is 5.02 Å². The molecule has 1 saturated heterocycles. The third-order valence-electron chi connectivity index (χ3n) is 6.99. The predicted octanol–water partition coefficient (Wildman–Crippen LogP) is 4.79. The summed E-state index contributed by atoms with van der Waals surface area (Å²) in [6.07, 6.45) is 0.848. The fourth-order valence-corrected chi connectivity index (χ4v) is 5.37. The average molecular weight is 475 g/mol. The molecular formula is C28H27ClN2O3. The van der Waals surface area contributed by atoms with E-state index in [0.717, 1.165) is 17.7 Å². The van der Waals surface area contributed by atoms with E-state index in [0.29, 0.717) is 36.8 Å². The van der Waals surface area contributed by atoms with Crippen LogP contribution in [-0.4, -0.2) is 48.4 Å². The molecule has 5 rings (SSSR count). The lowest BCUT2D eigenvalue weighted by Crippen LogP contribution is -2.42. The zero-order chi connectivity index (χ0) is 23.7. The van der Waals surface area contributed by atoms with Crippen LogP contribution in [0.5, 0.6) is 5.75 Å². The summed E-state index contributed by atoms with van der Waals surface area (Å²) >= 11 is 6.32. The van der Waals surface area contributed by atoms with Gasteiger partial charge in [-0.3, -0.25) is 9.59 Å². The van der Waals surface area contributed by atoms with Crippen LogP contribution in [0.1, 0.15) is 33.0 Å². The van der Waals surface area contributed by atoms with Crippen LogP contribution >= 0.6 is 11.6 Å². The number of carbonyl (C=O) groups excluding carboxylic acids is 2. The number of hydrogen-bond acceptors (Lipinski definition) is 3. The van der Waals surface area contributed by atoms with Crippen molar-refractivity contribution >= 4 is 23.4 Å². The third kappa shape index (κ3) is 4.28. The summed E-state index contributed by atoms with van der Waals surface area (Å²) in [5.41, 5.74) is 3.97. The van der Waals surface area contributed by atoms with Gasteiger partial charge in [-0.25, -0.2) is 0 Å². The largest absolute Gasteiger partial charge is 0.497 e. The molecule has 2 unspecified atom stereocenters. The molecule has 2 amide bonds. The van der Waals surface area contributed by atoms with Gasteiger partial charge in [0.2, 0.25) is 5.91 Å². The van der Waals surface area contributed by atoms with Crippen LogP contribution in [-0.2, 0) is 17.8 Å². The Labute approximate surface area is 204 Å². The normalized spacial score (nSPS) is 19.6. The minimum atomic E-state index is -0.330. The van der Waals surface area contributed by atoms with Crippen molar-refractivity contribution in [3.8, 4) is 5.75 Å². The molecule has 0 saturated carbocycles. The summed E-state index contributed by atoms with van der Waals surface area (Å²) in [7, 11) is 1.63. The fourth-order valence-electron chi connectivity index (χ4n) is 5.15. The van der Waals surface area contributed by atoms with Crippen molar-refractivity contribution in [1.29, 1.82) is 0 Å². The van der Waals surface area contributed by atoms with Gasteiger partial charge in [-0.15, -0.1) is 0 Å². The molecule has 34 heavy (non-hydrogen) atoms. The van der Waals surface area contributed by atoms with Gasteiger partial charge in [-0.05, 0) is 47.4 Å². The van der Waals surface area contributed by atoms with Crippen LogP contribution in [0, 0.1) is 5.92 Å². The van der Waals surface area contributed by atoms with E-state index in [1.54, 1.807) is 24.1 Å². The SMILES string of the molecule is COc1cccc(C2CN(C(=O)c3ccccc3Cl)CC2C(=O)N2CCc3ccccc3C2)c1. The first-order chi connectivity index (χ1) is 16.5. The first-order valence-corrected chi connectivity index (χ1v) is 12.0. The molecule has 3 aromatic rings. The van der Waals surface area contributed by atoms with E-state index in [2.05, 4.69) is 12.1 Å². The predicted molar refractivity (Wildman–Crippen MR) is 132 cm³/mol. The van der Waals surface area contributed by atoms with E-state index in [-0.39, 0.29) is 23.7 Å². The maximum absolute atomic E-state index is 13.9. The maximum atomic E-state index is 13.9. The summed E-state index contributed by atoms with van der Waals surface area (Å²) in [6.45, 7) is 2.12. The van der Waals surface area contributed by atoms with Crippen molar-refractivity contribution in [1.82, 2.24) is 9.80 Å². The molecule has 0 spiro atoms. The molecule has 0 radical (unpaired) electrons. The number of fused-ring (bicyclic) bond motifs is 1. The zero-order valence-corrected chi connectivity index (χ0v) is 19.9. The number of carbonyl (C=O) groups is 2. The van der Waals surface area contributed by atoms with Crippen LogP contribution in [0.15, 0.2) is 72.8 Å². The molecule has 2 heterocycles. The van der Waals surface area contributed by atoms with Gasteiger partial charge in [0.1, 0.15) is 5.75 Å². The lowest BCUT2D eigenvalue weighted by molar-refractivity contribution is -0.136. The zero-order valence-electron chi connectivity index (χ0n) is 19.1. The van der Waals surface area contributed by atoms with Gasteiger partial charge in [0.05, 0.1) is 23.6 Å². The highest BCUT2D eigenvalue weighted by Gasteiger charge is 2.43. The second kappa shape index (κ2) is 9.51. The molecular weight excluding hydrogens is 448 g/mol. The van der Waals surface area contributed by atoms with Gasteiger partial charge >= 0.3 is 0 Å². The first-order valence-electron chi connectivity index (χ1n) is 11.6. The molecule has 1 fully saturated rings. The van der Waals surface area contributed by atoms with E-state index >= 15 is 0 Å². The highest BCUT2D eigenvalue weighted by atomic mass is 35.5. The summed E-state index contributed by atoms with van der Waals surface area (Å²) in [5.74, 6) is 0.246. The van der Waals surface area contributed by atoms with Gasteiger partial charge in [0.15, 0.2) is 0 Å². The van der Waals surface area contributed by atoms with Crippen molar-refractivity contribution in [2.75, 3.05) is 26.7 Å². The number of amides is 2. The lowest BCUT2D eigenvalue weighted by Gasteiger charge is -2.32. The monoisotopic (exact) mass is 474 g/mol. The van der Waals surface area contributed by atoms with Crippen molar-refractivity contribution in [3.63, 3.8) is 0 Å². The van der Waals surface area contributed by atoms with Gasteiger partial charge in [-0.2, -0.15) is 0 Å². The van der Waals surface area contributed by atoms with Crippen LogP contribution in [0.25, 0.3) is 0 Å². The molecule has 0 aliphatic carbocycles. The average Bonchev–Trinajstić information content (AvgIpc) is 3.33. The number of methoxy groups -OCH3 is 1. The Kier molecular flexibility index (Phi) is 6.29. The standard InChI is InChI=1S/C28H27ClN2O3/c1-34-22-10-6-9-20(15-22)24-17-31(27(32)23-11-4-5-12-26(23)29)18-25(24)28(33)30-14-13-19-7-2-3-8-21(19)16-30/h2-12,15,24-25H,13-14,16-18H2,1H3. The second-order valence-electron chi connectivity index (χ2n) is 8.96. The van der Waals surface area contributed by atoms with E-state index in [4.69, 9.17) is 16.3 Å². The molecule has 2 aliphatic rings. The quantitative estimate of drug-likeness (QED) is 0.546. The van der Waals surface area contributed by atoms with E-state index in [1.807, 2.05) is 53.4 Å². The van der Waals surface area contributed by atoms with Crippen LogP contribution in [0.3, 0.4) is 0 Å². The van der Waals surface area contributed by atoms with Crippen molar-refractivity contribution in [2.24, 2.45) is 5.92 Å². The molecule has 0 bridgehead atoms. The smallest absolute Gasteiger partial charge is 0.255 e. The number of rotatable bonds is 4. The number of halogens is 1. The number of benzene rings is 3. The Morgan fingerprint density at radius 3 is 2.47 bits per heavy atom. The topological polar surface area (TPSA) is 49.9 Å². The van der Waals surface area contributed by atoms with Gasteiger partial charge in [0, 0.05) is 32.1 Å². The number of hydrogen-bond donors (Lipinski definition) is 0. The molecule has 2 aliphatic heterocycles. The van der Waals surface area contributed by atoms with Crippen molar-refractivity contribution in [3.05, 3.63) is 100 Å². The Bertz CT molecular complexity index is 1230. The molecule has 2 atom stereocenters. The summed E-state index contributed by atoms with van der Waals surface area (Å²) < 4.78 is 5.43. The second-order valence-corrected chi connectivity index (χ2v) is 9.37. The Balaban J connectivity index is 1.44. The minimum absolute atomic E-state index is 0.0942. The molecule has 5 nitrogen and oxygen atoms in total. The van der Waals surface area contributed by atoms with Crippen molar-refractivity contribution < 1.29 is 14.3 Å². The number of nitrogens with zero attached hydrogens (tertiary/aromatic N) is 2. The van der Waals surface area contributed by atoms with E-state index in [9.17, 15) is 9.59 Å². The molecule has 0 N–H and O–H groups in total. The molecule has 6 heteroatoms. The van der Waals surface area contributed by atoms with E-state index < -0.39 is 0 Å². The highest BCUT2D eigenvalue weighted by molar-refractivity contribution is 6.33. The molecule has 3 aromatic carbocycles.